The van der Waals surface area contributed by atoms with Crippen molar-refractivity contribution in [3.63, 3.8) is 0 Å². The molecule has 3 amide bonds. The number of nitrogens with two attached hydrogens (primary N) is 1. The van der Waals surface area contributed by atoms with E-state index in [4.69, 9.17) is 10.8 Å². The number of carbonyl (C=O) groups excluding carboxylic acids is 3. The van der Waals surface area contributed by atoms with Crippen molar-refractivity contribution >= 4 is 29.7 Å². The van der Waals surface area contributed by atoms with Crippen molar-refractivity contribution in [2.45, 2.75) is 75.5 Å². The molecule has 0 aliphatic carbocycles. The topological polar surface area (TPSA) is 200 Å². The minimum atomic E-state index is -1.22. The van der Waals surface area contributed by atoms with Gasteiger partial charge in [0.25, 0.3) is 0 Å². The number of unbranched alkanes of at least 4 members (excludes halogenated alkanes) is 1. The Hall–Kier alpha value is -3.51. The molecule has 12 heteroatoms. The van der Waals surface area contributed by atoms with E-state index in [1.54, 1.807) is 30.3 Å². The third-order valence-corrected chi connectivity index (χ3v) is 6.13. The van der Waals surface area contributed by atoms with E-state index in [2.05, 4.69) is 21.3 Å². The Balaban J connectivity index is 2.12. The van der Waals surface area contributed by atoms with Gasteiger partial charge in [-0.05, 0) is 57.2 Å². The van der Waals surface area contributed by atoms with Crippen molar-refractivity contribution in [2.75, 3.05) is 13.1 Å². The predicted octanol–water partition coefficient (Wildman–Crippen LogP) is -0.486. The number of rotatable bonds is 16. The first-order chi connectivity index (χ1) is 17.7. The lowest BCUT2D eigenvalue weighted by atomic mass is 10.0. The fourth-order valence-electron chi connectivity index (χ4n) is 4.07. The maximum absolute atomic E-state index is 13.1. The van der Waals surface area contributed by atoms with E-state index in [0.717, 1.165) is 12.0 Å². The first-order valence-electron chi connectivity index (χ1n) is 12.5. The lowest BCUT2D eigenvalue weighted by molar-refractivity contribution is -0.142. The zero-order chi connectivity index (χ0) is 27.2. The average Bonchev–Trinajstić information content (AvgIpc) is 3.41. The molecule has 12 nitrogen and oxygen atoms in total. The quantitative estimate of drug-likeness (QED) is 0.141. The molecule has 1 fully saturated rings. The second-order valence-corrected chi connectivity index (χ2v) is 9.08. The first-order valence-corrected chi connectivity index (χ1v) is 12.5. The van der Waals surface area contributed by atoms with E-state index in [-0.39, 0.29) is 25.7 Å². The number of nitrogens with one attached hydrogen (secondary N) is 4. The average molecular weight is 520 g/mol. The van der Waals surface area contributed by atoms with Crippen molar-refractivity contribution in [1.29, 1.82) is 0 Å². The molecule has 1 aromatic rings. The van der Waals surface area contributed by atoms with Gasteiger partial charge in [-0.2, -0.15) is 0 Å². The fraction of sp³-hybridized carbons (Fsp3) is 0.560. The molecule has 2 rings (SSSR count). The largest absolute Gasteiger partial charge is 0.481 e. The Bertz CT molecular complexity index is 921. The van der Waals surface area contributed by atoms with Gasteiger partial charge in [-0.1, -0.05) is 30.3 Å². The molecule has 0 saturated carbocycles. The van der Waals surface area contributed by atoms with Crippen molar-refractivity contribution in [1.82, 2.24) is 21.3 Å². The van der Waals surface area contributed by atoms with Crippen molar-refractivity contribution < 1.29 is 34.2 Å². The highest BCUT2D eigenvalue weighted by molar-refractivity contribution is 5.94. The van der Waals surface area contributed by atoms with Crippen molar-refractivity contribution in [3.05, 3.63) is 35.9 Å². The molecular formula is C25H37N5O7. The minimum absolute atomic E-state index is 0.0526. The van der Waals surface area contributed by atoms with Crippen molar-refractivity contribution in [2.24, 2.45) is 5.73 Å². The normalized spacial score (nSPS) is 17.3. The number of aliphatic carboxylic acids is 2. The standard InChI is InChI=1S/C25H37N5O7/c26-13-5-4-9-18(23(34)30-20(25(36)37)15-16-7-2-1-3-8-16)28-24(35)19(11-12-21(31)32)29-22(33)17-10-6-14-27-17/h1-3,7-8,17-20,27H,4-6,9-15,26H2,(H,28,35)(H,29,33)(H,30,34)(H,31,32)(H,36,37). The maximum atomic E-state index is 13.1. The summed E-state index contributed by atoms with van der Waals surface area (Å²) < 4.78 is 0. The van der Waals surface area contributed by atoms with Crippen LogP contribution in [-0.2, 0) is 30.4 Å². The van der Waals surface area contributed by atoms with Gasteiger partial charge in [-0.25, -0.2) is 4.79 Å². The summed E-state index contributed by atoms with van der Waals surface area (Å²) in [5.74, 6) is -4.17. The van der Waals surface area contributed by atoms with E-state index >= 15 is 0 Å². The summed E-state index contributed by atoms with van der Waals surface area (Å²) in [5, 5.41) is 29.4. The summed E-state index contributed by atoms with van der Waals surface area (Å²) in [4.78, 5) is 61.7. The molecule has 4 atom stereocenters. The van der Waals surface area contributed by atoms with Crippen LogP contribution in [0.2, 0.25) is 0 Å². The molecule has 0 spiro atoms. The smallest absolute Gasteiger partial charge is 0.326 e. The summed E-state index contributed by atoms with van der Waals surface area (Å²) in [6, 6.07) is 4.86. The van der Waals surface area contributed by atoms with Gasteiger partial charge in [0, 0.05) is 12.8 Å². The Kier molecular flexibility index (Phi) is 12.5. The monoisotopic (exact) mass is 519 g/mol. The van der Waals surface area contributed by atoms with Crippen LogP contribution in [0.25, 0.3) is 0 Å². The number of carbonyl (C=O) groups is 5. The highest BCUT2D eigenvalue weighted by atomic mass is 16.4. The molecule has 1 saturated heterocycles. The molecule has 37 heavy (non-hydrogen) atoms. The maximum Gasteiger partial charge on any atom is 0.326 e. The van der Waals surface area contributed by atoms with E-state index in [1.807, 2.05) is 0 Å². The number of hydrogen-bond donors (Lipinski definition) is 7. The molecule has 8 N–H and O–H groups in total. The van der Waals surface area contributed by atoms with Gasteiger partial charge in [0.15, 0.2) is 0 Å². The Morgan fingerprint density at radius 1 is 0.919 bits per heavy atom. The summed E-state index contributed by atoms with van der Waals surface area (Å²) in [5.41, 5.74) is 6.27. The van der Waals surface area contributed by atoms with Gasteiger partial charge in [-0.15, -0.1) is 0 Å². The molecule has 1 aliphatic heterocycles. The molecule has 1 aromatic carbocycles. The van der Waals surface area contributed by atoms with Crippen LogP contribution in [0.15, 0.2) is 30.3 Å². The molecule has 0 radical (unpaired) electrons. The predicted molar refractivity (Wildman–Crippen MR) is 134 cm³/mol. The van der Waals surface area contributed by atoms with Gasteiger partial charge in [-0.3, -0.25) is 19.2 Å². The van der Waals surface area contributed by atoms with Crippen LogP contribution in [0.3, 0.4) is 0 Å². The number of carboxylic acids is 2. The summed E-state index contributed by atoms with van der Waals surface area (Å²) >= 11 is 0. The highest BCUT2D eigenvalue weighted by Crippen LogP contribution is 2.09. The van der Waals surface area contributed by atoms with Gasteiger partial charge in [0.05, 0.1) is 6.04 Å². The molecule has 0 bridgehead atoms. The van der Waals surface area contributed by atoms with Gasteiger partial charge >= 0.3 is 11.9 Å². The molecule has 1 heterocycles. The summed E-state index contributed by atoms with van der Waals surface area (Å²) in [6.45, 7) is 1.04. The van der Waals surface area contributed by atoms with Gasteiger partial charge in [0.1, 0.15) is 18.1 Å². The van der Waals surface area contributed by atoms with E-state index in [0.29, 0.717) is 32.4 Å². The van der Waals surface area contributed by atoms with Crippen LogP contribution in [0.4, 0.5) is 0 Å². The Labute approximate surface area is 215 Å². The second-order valence-electron chi connectivity index (χ2n) is 9.08. The summed E-state index contributed by atoms with van der Waals surface area (Å²) in [7, 11) is 0. The SMILES string of the molecule is NCCCCC(NC(=O)C(CCC(=O)O)NC(=O)C1CCCN1)C(=O)NC(Cc1ccccc1)C(=O)O. The van der Waals surface area contributed by atoms with Crippen LogP contribution in [0.1, 0.15) is 50.5 Å². The molecule has 204 valence electrons. The zero-order valence-corrected chi connectivity index (χ0v) is 20.8. The molecule has 4 unspecified atom stereocenters. The van der Waals surface area contributed by atoms with Crippen LogP contribution < -0.4 is 27.0 Å². The van der Waals surface area contributed by atoms with Crippen molar-refractivity contribution in [3.8, 4) is 0 Å². The van der Waals surface area contributed by atoms with Gasteiger partial charge < -0.3 is 37.2 Å². The van der Waals surface area contributed by atoms with Crippen LogP contribution in [0, 0.1) is 0 Å². The van der Waals surface area contributed by atoms with E-state index in [1.165, 1.54) is 0 Å². The van der Waals surface area contributed by atoms with E-state index < -0.39 is 53.8 Å². The molecule has 1 aliphatic rings. The van der Waals surface area contributed by atoms with Crippen LogP contribution >= 0.6 is 0 Å². The summed E-state index contributed by atoms with van der Waals surface area (Å²) in [6.07, 6.45) is 2.19. The lowest BCUT2D eigenvalue weighted by Crippen LogP contribution is -2.57. The second kappa shape index (κ2) is 15.6. The first kappa shape index (κ1) is 29.7. The zero-order valence-electron chi connectivity index (χ0n) is 20.8. The Morgan fingerprint density at radius 2 is 1.57 bits per heavy atom. The number of amides is 3. The number of carboxylic acid groups (broad SMARTS) is 2. The number of hydrogen-bond acceptors (Lipinski definition) is 7. The highest BCUT2D eigenvalue weighted by Gasteiger charge is 2.31. The van der Waals surface area contributed by atoms with Crippen LogP contribution in [0.5, 0.6) is 0 Å². The van der Waals surface area contributed by atoms with Crippen LogP contribution in [-0.4, -0.2) is 77.1 Å². The third kappa shape index (κ3) is 10.6. The minimum Gasteiger partial charge on any atom is -0.481 e. The lowest BCUT2D eigenvalue weighted by Gasteiger charge is -2.25. The Morgan fingerprint density at radius 3 is 2.14 bits per heavy atom. The molecular weight excluding hydrogens is 482 g/mol. The van der Waals surface area contributed by atoms with E-state index in [9.17, 15) is 29.1 Å². The number of benzene rings is 1. The van der Waals surface area contributed by atoms with Gasteiger partial charge in [0.2, 0.25) is 17.7 Å². The fourth-order valence-corrected chi connectivity index (χ4v) is 4.07. The molecule has 0 aromatic heterocycles. The third-order valence-electron chi connectivity index (χ3n) is 6.13.